The van der Waals surface area contributed by atoms with E-state index in [1.165, 1.54) is 6.92 Å². The number of amides is 1. The largest absolute Gasteiger partial charge is 0.457 e. The summed E-state index contributed by atoms with van der Waals surface area (Å²) >= 11 is 6.35. The maximum Gasteiger partial charge on any atom is 0.221 e. The Morgan fingerprint density at radius 2 is 1.81 bits per heavy atom. The number of benzene rings is 2. The first kappa shape index (κ1) is 21.6. The molecule has 0 aliphatic heterocycles. The molecule has 4 aromatic rings. The molecule has 4 rings (SSSR count). The molecule has 0 bridgehead atoms. The van der Waals surface area contributed by atoms with E-state index in [0.717, 1.165) is 35.3 Å². The lowest BCUT2D eigenvalue weighted by Crippen LogP contribution is -2.05. The van der Waals surface area contributed by atoms with E-state index in [0.29, 0.717) is 27.9 Å². The van der Waals surface area contributed by atoms with Crippen LogP contribution in [0.1, 0.15) is 26.0 Å². The Morgan fingerprint density at radius 1 is 1.00 bits per heavy atom. The Kier molecular flexibility index (Phi) is 6.52. The van der Waals surface area contributed by atoms with Crippen molar-refractivity contribution in [3.05, 3.63) is 77.6 Å². The highest BCUT2D eigenvalue weighted by Crippen LogP contribution is 2.32. The van der Waals surface area contributed by atoms with Crippen molar-refractivity contribution in [2.24, 2.45) is 0 Å². The van der Waals surface area contributed by atoms with Crippen LogP contribution >= 0.6 is 11.6 Å². The predicted molar refractivity (Wildman–Crippen MR) is 129 cm³/mol. The molecule has 0 spiro atoms. The Balaban J connectivity index is 1.56. The SMILES string of the molecule is CCCc1ccc2c(Nc3cc(Cl)cc(Oc4ccc(NC(C)=O)cc4)c3)ccnc2n1. The maximum atomic E-state index is 11.2. The van der Waals surface area contributed by atoms with Crippen molar-refractivity contribution in [1.29, 1.82) is 0 Å². The second kappa shape index (κ2) is 9.66. The molecular formula is C25H23ClN4O2. The van der Waals surface area contributed by atoms with Gasteiger partial charge in [0.1, 0.15) is 11.5 Å². The number of aromatic nitrogens is 2. The van der Waals surface area contributed by atoms with Gasteiger partial charge < -0.3 is 15.4 Å². The number of ether oxygens (including phenoxy) is 1. The second-order valence-electron chi connectivity index (χ2n) is 7.39. The molecule has 2 N–H and O–H groups in total. The van der Waals surface area contributed by atoms with E-state index in [-0.39, 0.29) is 5.91 Å². The summed E-state index contributed by atoms with van der Waals surface area (Å²) in [7, 11) is 0. The molecule has 0 saturated carbocycles. The molecular weight excluding hydrogens is 424 g/mol. The van der Waals surface area contributed by atoms with Gasteiger partial charge in [-0.1, -0.05) is 24.9 Å². The topological polar surface area (TPSA) is 76.1 Å². The zero-order valence-corrected chi connectivity index (χ0v) is 18.6. The van der Waals surface area contributed by atoms with E-state index < -0.39 is 0 Å². The predicted octanol–water partition coefficient (Wildman–Crippen LogP) is 6.73. The molecule has 6 nitrogen and oxygen atoms in total. The minimum atomic E-state index is -0.121. The summed E-state index contributed by atoms with van der Waals surface area (Å²) in [6.45, 7) is 3.60. The van der Waals surface area contributed by atoms with Crippen molar-refractivity contribution in [2.75, 3.05) is 10.6 Å². The fourth-order valence-electron chi connectivity index (χ4n) is 3.37. The quantitative estimate of drug-likeness (QED) is 0.329. The molecule has 0 aliphatic rings. The summed E-state index contributed by atoms with van der Waals surface area (Å²) in [5.74, 6) is 1.10. The average molecular weight is 447 g/mol. The molecule has 1 amide bonds. The van der Waals surface area contributed by atoms with E-state index in [4.69, 9.17) is 16.3 Å². The molecule has 0 unspecified atom stereocenters. The minimum absolute atomic E-state index is 0.121. The van der Waals surface area contributed by atoms with Crippen LogP contribution < -0.4 is 15.4 Å². The molecule has 2 aromatic heterocycles. The number of pyridine rings is 2. The van der Waals surface area contributed by atoms with E-state index in [1.54, 1.807) is 36.5 Å². The second-order valence-corrected chi connectivity index (χ2v) is 7.83. The van der Waals surface area contributed by atoms with Gasteiger partial charge in [-0.05, 0) is 61.0 Å². The molecule has 0 radical (unpaired) electrons. The van der Waals surface area contributed by atoms with Crippen LogP contribution in [0.4, 0.5) is 17.1 Å². The van der Waals surface area contributed by atoms with Crippen molar-refractivity contribution >= 4 is 45.6 Å². The first-order valence-electron chi connectivity index (χ1n) is 10.4. The van der Waals surface area contributed by atoms with Crippen LogP contribution in [0.15, 0.2) is 66.9 Å². The van der Waals surface area contributed by atoms with Crippen LogP contribution in [0, 0.1) is 0 Å². The molecule has 7 heteroatoms. The highest BCUT2D eigenvalue weighted by atomic mass is 35.5. The van der Waals surface area contributed by atoms with E-state index >= 15 is 0 Å². The van der Waals surface area contributed by atoms with E-state index in [2.05, 4.69) is 27.5 Å². The van der Waals surface area contributed by atoms with Crippen LogP contribution in [0.25, 0.3) is 11.0 Å². The smallest absolute Gasteiger partial charge is 0.221 e. The first-order chi connectivity index (χ1) is 15.5. The summed E-state index contributed by atoms with van der Waals surface area (Å²) in [5, 5.41) is 7.61. The number of hydrogen-bond donors (Lipinski definition) is 2. The van der Waals surface area contributed by atoms with Crippen molar-refractivity contribution < 1.29 is 9.53 Å². The van der Waals surface area contributed by atoms with Gasteiger partial charge in [0.2, 0.25) is 5.91 Å². The Bertz CT molecular complexity index is 1260. The third kappa shape index (κ3) is 5.34. The number of nitrogens with one attached hydrogen (secondary N) is 2. The normalized spacial score (nSPS) is 10.7. The Labute approximate surface area is 191 Å². The Morgan fingerprint density at radius 3 is 2.56 bits per heavy atom. The van der Waals surface area contributed by atoms with Crippen molar-refractivity contribution in [3.63, 3.8) is 0 Å². The summed E-state index contributed by atoms with van der Waals surface area (Å²) in [4.78, 5) is 20.2. The van der Waals surface area contributed by atoms with E-state index in [1.807, 2.05) is 30.3 Å². The van der Waals surface area contributed by atoms with Gasteiger partial charge in [-0.3, -0.25) is 4.79 Å². The third-order valence-corrected chi connectivity index (χ3v) is 4.95. The first-order valence-corrected chi connectivity index (χ1v) is 10.8. The lowest BCUT2D eigenvalue weighted by atomic mass is 10.2. The number of carbonyl (C=O) groups is 1. The molecule has 0 fully saturated rings. The van der Waals surface area contributed by atoms with Crippen LogP contribution in [-0.2, 0) is 11.2 Å². The van der Waals surface area contributed by atoms with Crippen LogP contribution in [-0.4, -0.2) is 15.9 Å². The maximum absolute atomic E-state index is 11.2. The third-order valence-electron chi connectivity index (χ3n) is 4.73. The molecule has 2 aromatic carbocycles. The fraction of sp³-hybridized carbons (Fsp3) is 0.160. The van der Waals surface area contributed by atoms with Gasteiger partial charge in [0.05, 0.1) is 5.69 Å². The van der Waals surface area contributed by atoms with E-state index in [9.17, 15) is 4.79 Å². The lowest BCUT2D eigenvalue weighted by Gasteiger charge is -2.13. The molecule has 162 valence electrons. The van der Waals surface area contributed by atoms with Gasteiger partial charge >= 0.3 is 0 Å². The molecule has 0 atom stereocenters. The Hall–Kier alpha value is -3.64. The highest BCUT2D eigenvalue weighted by molar-refractivity contribution is 6.31. The van der Waals surface area contributed by atoms with Crippen molar-refractivity contribution in [3.8, 4) is 11.5 Å². The zero-order valence-electron chi connectivity index (χ0n) is 17.9. The molecule has 32 heavy (non-hydrogen) atoms. The number of hydrogen-bond acceptors (Lipinski definition) is 5. The van der Waals surface area contributed by atoms with Crippen molar-refractivity contribution in [2.45, 2.75) is 26.7 Å². The summed E-state index contributed by atoms with van der Waals surface area (Å²) in [6, 6.07) is 18.6. The standard InChI is InChI=1S/C25H23ClN4O2/c1-3-4-18-7-10-23-24(11-12-27-25(23)30-18)29-20-13-17(26)14-22(15-20)32-21-8-5-19(6-9-21)28-16(2)31/h5-15H,3-4H2,1-2H3,(H,28,31)(H,27,29,30). The minimum Gasteiger partial charge on any atom is -0.457 e. The zero-order chi connectivity index (χ0) is 22.5. The summed E-state index contributed by atoms with van der Waals surface area (Å²) < 4.78 is 5.97. The van der Waals surface area contributed by atoms with Gasteiger partial charge in [-0.2, -0.15) is 0 Å². The van der Waals surface area contributed by atoms with Gasteiger partial charge in [-0.25, -0.2) is 9.97 Å². The average Bonchev–Trinajstić information content (AvgIpc) is 2.75. The van der Waals surface area contributed by atoms with Gasteiger partial charge in [0, 0.05) is 46.7 Å². The lowest BCUT2D eigenvalue weighted by molar-refractivity contribution is -0.114. The molecule has 0 saturated heterocycles. The summed E-state index contributed by atoms with van der Waals surface area (Å²) in [5.41, 5.74) is 4.12. The fourth-order valence-corrected chi connectivity index (χ4v) is 3.59. The summed E-state index contributed by atoms with van der Waals surface area (Å²) in [6.07, 6.45) is 3.71. The number of aryl methyl sites for hydroxylation is 1. The van der Waals surface area contributed by atoms with Gasteiger partial charge in [0.25, 0.3) is 0 Å². The molecule has 0 aliphatic carbocycles. The highest BCUT2D eigenvalue weighted by Gasteiger charge is 2.08. The molecule has 2 heterocycles. The monoisotopic (exact) mass is 446 g/mol. The number of nitrogens with zero attached hydrogens (tertiary/aromatic N) is 2. The number of fused-ring (bicyclic) bond motifs is 1. The van der Waals surface area contributed by atoms with Gasteiger partial charge in [0.15, 0.2) is 5.65 Å². The number of anilines is 3. The number of rotatable bonds is 7. The van der Waals surface area contributed by atoms with Crippen LogP contribution in [0.3, 0.4) is 0 Å². The number of halogens is 1. The number of carbonyl (C=O) groups excluding carboxylic acids is 1. The van der Waals surface area contributed by atoms with Crippen molar-refractivity contribution in [1.82, 2.24) is 9.97 Å². The van der Waals surface area contributed by atoms with Gasteiger partial charge in [-0.15, -0.1) is 0 Å². The van der Waals surface area contributed by atoms with Crippen LogP contribution in [0.2, 0.25) is 5.02 Å². The van der Waals surface area contributed by atoms with Crippen LogP contribution in [0.5, 0.6) is 11.5 Å².